The van der Waals surface area contributed by atoms with E-state index in [1.54, 1.807) is 23.1 Å². The van der Waals surface area contributed by atoms with Gasteiger partial charge in [-0.15, -0.1) is 0 Å². The molecule has 1 amide bonds. The molecular formula is C27H35NO12. The molecule has 0 saturated carbocycles. The van der Waals surface area contributed by atoms with Crippen LogP contribution in [0.1, 0.15) is 51.9 Å². The van der Waals surface area contributed by atoms with Gasteiger partial charge in [-0.2, -0.15) is 0 Å². The van der Waals surface area contributed by atoms with Crippen LogP contribution >= 0.6 is 0 Å². The van der Waals surface area contributed by atoms with Gasteiger partial charge in [0.1, 0.15) is 18.5 Å². The lowest BCUT2D eigenvalue weighted by atomic mass is 9.98. The average molecular weight is 566 g/mol. The van der Waals surface area contributed by atoms with E-state index in [4.69, 9.17) is 33.2 Å². The van der Waals surface area contributed by atoms with Gasteiger partial charge < -0.3 is 38.1 Å². The molecule has 0 aromatic heterocycles. The van der Waals surface area contributed by atoms with E-state index in [2.05, 4.69) is 0 Å². The second-order valence-electron chi connectivity index (χ2n) is 9.65. The minimum Gasteiger partial charge on any atom is -0.463 e. The number of hydrogen-bond acceptors (Lipinski definition) is 12. The minimum atomic E-state index is -1.46. The highest BCUT2D eigenvalue weighted by atomic mass is 16.7. The van der Waals surface area contributed by atoms with Crippen LogP contribution in [0.25, 0.3) is 0 Å². The maximum Gasteiger partial charge on any atom is 0.303 e. The average Bonchev–Trinajstić information content (AvgIpc) is 2.85. The number of carbonyl (C=O) groups is 5. The molecule has 1 aromatic rings. The van der Waals surface area contributed by atoms with Gasteiger partial charge in [0, 0.05) is 40.8 Å². The first-order chi connectivity index (χ1) is 18.8. The van der Waals surface area contributed by atoms with Crippen molar-refractivity contribution in [3.63, 3.8) is 0 Å². The van der Waals surface area contributed by atoms with Crippen molar-refractivity contribution in [2.24, 2.45) is 0 Å². The second kappa shape index (κ2) is 13.6. The van der Waals surface area contributed by atoms with Crippen molar-refractivity contribution in [3.05, 3.63) is 29.8 Å². The summed E-state index contributed by atoms with van der Waals surface area (Å²) in [5.41, 5.74) is 0.205. The molecule has 0 radical (unpaired) electrons. The number of nitrogens with zero attached hydrogens (tertiary/aromatic N) is 1. The highest BCUT2D eigenvalue weighted by Crippen LogP contribution is 2.32. The van der Waals surface area contributed by atoms with Gasteiger partial charge in [0.2, 0.25) is 12.4 Å². The monoisotopic (exact) mass is 565 g/mol. The van der Waals surface area contributed by atoms with Crippen LogP contribution in [0.15, 0.2) is 24.3 Å². The molecule has 2 aliphatic rings. The number of carbonyl (C=O) groups excluding carboxylic acids is 5. The summed E-state index contributed by atoms with van der Waals surface area (Å²) in [7, 11) is 0. The predicted molar refractivity (Wildman–Crippen MR) is 135 cm³/mol. The molecule has 220 valence electrons. The van der Waals surface area contributed by atoms with Gasteiger partial charge in [0.15, 0.2) is 12.2 Å². The van der Waals surface area contributed by atoms with E-state index in [0.717, 1.165) is 20.8 Å². The van der Waals surface area contributed by atoms with E-state index in [-0.39, 0.29) is 29.4 Å². The van der Waals surface area contributed by atoms with Gasteiger partial charge in [-0.25, -0.2) is 0 Å². The number of esters is 4. The van der Waals surface area contributed by atoms with Crippen LogP contribution in [-0.4, -0.2) is 97.3 Å². The van der Waals surface area contributed by atoms with Crippen LogP contribution in [0.5, 0.6) is 5.75 Å². The molecule has 13 nitrogen and oxygen atoms in total. The molecule has 0 bridgehead atoms. The Bertz CT molecular complexity index is 1100. The molecule has 3 rings (SSSR count). The van der Waals surface area contributed by atoms with Crippen LogP contribution in [0.4, 0.5) is 0 Å². The summed E-state index contributed by atoms with van der Waals surface area (Å²) in [5, 5.41) is 0. The van der Waals surface area contributed by atoms with Crippen LogP contribution in [0, 0.1) is 0 Å². The number of para-hydroxylation sites is 1. The van der Waals surface area contributed by atoms with Crippen LogP contribution in [0.3, 0.4) is 0 Å². The fourth-order valence-corrected chi connectivity index (χ4v) is 4.67. The van der Waals surface area contributed by atoms with E-state index in [0.29, 0.717) is 13.1 Å². The molecule has 0 spiro atoms. The van der Waals surface area contributed by atoms with Gasteiger partial charge in [0.25, 0.3) is 5.91 Å². The normalized spacial score (nSPS) is 28.1. The van der Waals surface area contributed by atoms with Crippen molar-refractivity contribution in [1.29, 1.82) is 0 Å². The topological polar surface area (TPSA) is 153 Å². The summed E-state index contributed by atoms with van der Waals surface area (Å²) in [6.45, 7) is 8.65. The molecule has 2 fully saturated rings. The third-order valence-corrected chi connectivity index (χ3v) is 6.02. The van der Waals surface area contributed by atoms with Gasteiger partial charge in [-0.3, -0.25) is 24.0 Å². The number of benzene rings is 1. The maximum absolute atomic E-state index is 13.5. The number of hydrogen-bond donors (Lipinski definition) is 0. The summed E-state index contributed by atoms with van der Waals surface area (Å²) in [6.07, 6.45) is -7.12. The summed E-state index contributed by atoms with van der Waals surface area (Å²) in [5.74, 6) is -3.14. The minimum absolute atomic E-state index is 0.0974. The van der Waals surface area contributed by atoms with Crippen LogP contribution in [-0.2, 0) is 47.6 Å². The third kappa shape index (κ3) is 8.15. The quantitative estimate of drug-likeness (QED) is 0.331. The number of amides is 1. The Labute approximate surface area is 231 Å². The Hall–Kier alpha value is -3.71. The van der Waals surface area contributed by atoms with Crippen molar-refractivity contribution in [3.8, 4) is 5.75 Å². The first kappa shape index (κ1) is 30.8. The van der Waals surface area contributed by atoms with E-state index < -0.39 is 61.2 Å². The number of rotatable bonds is 8. The zero-order valence-electron chi connectivity index (χ0n) is 23.3. The highest BCUT2D eigenvalue weighted by molar-refractivity contribution is 5.97. The molecule has 2 heterocycles. The van der Waals surface area contributed by atoms with Gasteiger partial charge >= 0.3 is 23.9 Å². The highest BCUT2D eigenvalue weighted by Gasteiger charge is 2.53. The Balaban J connectivity index is 1.99. The SMILES string of the molecule is CC(=O)OC[C@H]1O[C@H](Oc2ccccc2C(=O)N2C[C@H](C)O[C@@H](C)C2)[C@H](OC(C)=O)[C@@H](OC(C)=O)[C@@H]1OC(C)=O. The molecule has 0 unspecified atom stereocenters. The first-order valence-corrected chi connectivity index (χ1v) is 12.9. The van der Waals surface area contributed by atoms with Gasteiger partial charge in [0.05, 0.1) is 17.8 Å². The molecule has 1 aromatic carbocycles. The molecule has 40 heavy (non-hydrogen) atoms. The number of morpholine rings is 1. The van der Waals surface area contributed by atoms with Gasteiger partial charge in [-0.05, 0) is 26.0 Å². The molecule has 2 aliphatic heterocycles. The summed E-state index contributed by atoms with van der Waals surface area (Å²) in [4.78, 5) is 62.8. The van der Waals surface area contributed by atoms with Crippen molar-refractivity contribution >= 4 is 29.8 Å². The molecule has 7 atom stereocenters. The van der Waals surface area contributed by atoms with Crippen molar-refractivity contribution in [2.75, 3.05) is 19.7 Å². The Morgan fingerprint density at radius 3 is 1.90 bits per heavy atom. The Morgan fingerprint density at radius 1 is 0.775 bits per heavy atom. The zero-order valence-corrected chi connectivity index (χ0v) is 23.3. The van der Waals surface area contributed by atoms with E-state index >= 15 is 0 Å². The summed E-state index contributed by atoms with van der Waals surface area (Å²) >= 11 is 0. The molecule has 0 aliphatic carbocycles. The van der Waals surface area contributed by atoms with E-state index in [1.165, 1.54) is 13.0 Å². The lowest BCUT2D eigenvalue weighted by molar-refractivity contribution is -0.288. The van der Waals surface area contributed by atoms with Crippen molar-refractivity contribution < 1.29 is 57.1 Å². The fourth-order valence-electron chi connectivity index (χ4n) is 4.67. The zero-order chi connectivity index (χ0) is 29.6. The largest absolute Gasteiger partial charge is 0.463 e. The van der Waals surface area contributed by atoms with Crippen LogP contribution < -0.4 is 4.74 Å². The fraction of sp³-hybridized carbons (Fsp3) is 0.593. The standard InChI is InChI=1S/C27H35NO12/c1-14-11-28(12-15(2)35-14)26(33)20-9-7-8-10-21(20)39-27-25(38-19(6)32)24(37-18(5)31)23(36-17(4)30)22(40-27)13-34-16(3)29/h7-10,14-15,22-25,27H,11-13H2,1-6H3/t14-,15-,22+,23+,24-,25+,27-/m0/s1. The van der Waals surface area contributed by atoms with Crippen molar-refractivity contribution in [2.45, 2.75) is 84.5 Å². The van der Waals surface area contributed by atoms with Crippen LogP contribution in [0.2, 0.25) is 0 Å². The Morgan fingerprint density at radius 2 is 1.32 bits per heavy atom. The smallest absolute Gasteiger partial charge is 0.303 e. The summed E-state index contributed by atoms with van der Waals surface area (Å²) in [6, 6.07) is 6.42. The van der Waals surface area contributed by atoms with E-state index in [9.17, 15) is 24.0 Å². The third-order valence-electron chi connectivity index (χ3n) is 6.02. The first-order valence-electron chi connectivity index (χ1n) is 12.9. The lowest BCUT2D eigenvalue weighted by Crippen LogP contribution is -2.63. The van der Waals surface area contributed by atoms with Crippen molar-refractivity contribution in [1.82, 2.24) is 4.90 Å². The summed E-state index contributed by atoms with van der Waals surface area (Å²) < 4.78 is 39.2. The second-order valence-corrected chi connectivity index (χ2v) is 9.65. The molecular weight excluding hydrogens is 530 g/mol. The van der Waals surface area contributed by atoms with Gasteiger partial charge in [-0.1, -0.05) is 12.1 Å². The lowest BCUT2D eigenvalue weighted by Gasteiger charge is -2.44. The molecule has 13 heteroatoms. The number of ether oxygens (including phenoxy) is 7. The maximum atomic E-state index is 13.5. The predicted octanol–water partition coefficient (Wildman–Crippen LogP) is 1.40. The van der Waals surface area contributed by atoms with E-state index in [1.807, 2.05) is 13.8 Å². The molecule has 0 N–H and O–H groups in total. The molecule has 2 saturated heterocycles. The Kier molecular flexibility index (Phi) is 10.5.